The van der Waals surface area contributed by atoms with Gasteiger partial charge >= 0.3 is 6.36 Å². The second-order valence-corrected chi connectivity index (χ2v) is 4.01. The normalized spacial score (nSPS) is 13.2. The van der Waals surface area contributed by atoms with Crippen molar-refractivity contribution < 1.29 is 17.9 Å². The van der Waals surface area contributed by atoms with Gasteiger partial charge in [-0.15, -0.1) is 13.2 Å². The first-order valence-corrected chi connectivity index (χ1v) is 5.94. The Morgan fingerprint density at radius 3 is 2.80 bits per heavy atom. The maximum atomic E-state index is 12.2. The molecule has 0 amide bonds. The Kier molecular flexibility index (Phi) is 4.23. The van der Waals surface area contributed by atoms with Crippen LogP contribution in [0.3, 0.4) is 0 Å². The molecule has 1 atom stereocenters. The molecule has 0 saturated carbocycles. The van der Waals surface area contributed by atoms with Gasteiger partial charge in [0.05, 0.1) is 12.2 Å². The highest BCUT2D eigenvalue weighted by Crippen LogP contribution is 2.27. The van der Waals surface area contributed by atoms with Crippen LogP contribution in [0.25, 0.3) is 0 Å². The van der Waals surface area contributed by atoms with E-state index in [4.69, 9.17) is 0 Å². The minimum absolute atomic E-state index is 0.263. The zero-order valence-electron chi connectivity index (χ0n) is 10.6. The molecule has 5 nitrogen and oxygen atoms in total. The van der Waals surface area contributed by atoms with Crippen LogP contribution in [0.1, 0.15) is 24.2 Å². The molecule has 1 aromatic heterocycles. The van der Waals surface area contributed by atoms with E-state index in [1.165, 1.54) is 24.4 Å². The third-order valence-electron chi connectivity index (χ3n) is 2.56. The molecule has 1 unspecified atom stereocenters. The first kappa shape index (κ1) is 14.3. The van der Waals surface area contributed by atoms with Crippen LogP contribution in [-0.4, -0.2) is 28.3 Å². The fraction of sp³-hybridized carbons (Fsp3) is 0.333. The van der Waals surface area contributed by atoms with Crippen LogP contribution < -0.4 is 10.1 Å². The Labute approximate surface area is 113 Å². The Morgan fingerprint density at radius 2 is 2.20 bits per heavy atom. The van der Waals surface area contributed by atoms with Gasteiger partial charge in [0.2, 0.25) is 0 Å². The lowest BCUT2D eigenvalue weighted by Crippen LogP contribution is -2.23. The summed E-state index contributed by atoms with van der Waals surface area (Å²) in [6, 6.07) is 5.43. The van der Waals surface area contributed by atoms with E-state index in [1.807, 2.05) is 6.92 Å². The molecule has 0 saturated heterocycles. The SMILES string of the molecule is CCNC(c1cccc(OC(F)(F)F)c1)c1cn[nH]n1. The molecule has 2 aromatic rings. The maximum Gasteiger partial charge on any atom is 0.573 e. The van der Waals surface area contributed by atoms with Gasteiger partial charge in [0.1, 0.15) is 11.4 Å². The highest BCUT2D eigenvalue weighted by molar-refractivity contribution is 5.34. The Morgan fingerprint density at radius 1 is 1.40 bits per heavy atom. The number of benzene rings is 1. The lowest BCUT2D eigenvalue weighted by molar-refractivity contribution is -0.274. The van der Waals surface area contributed by atoms with Crippen LogP contribution >= 0.6 is 0 Å². The molecule has 1 heterocycles. The van der Waals surface area contributed by atoms with Crippen LogP contribution in [-0.2, 0) is 0 Å². The molecule has 0 fully saturated rings. The molecular weight excluding hydrogens is 273 g/mol. The van der Waals surface area contributed by atoms with Crippen molar-refractivity contribution in [3.63, 3.8) is 0 Å². The van der Waals surface area contributed by atoms with E-state index in [2.05, 4.69) is 25.5 Å². The molecule has 0 aliphatic rings. The highest BCUT2D eigenvalue weighted by atomic mass is 19.4. The molecule has 0 bridgehead atoms. The summed E-state index contributed by atoms with van der Waals surface area (Å²) in [6.45, 7) is 2.52. The molecule has 8 heteroatoms. The highest BCUT2D eigenvalue weighted by Gasteiger charge is 2.31. The van der Waals surface area contributed by atoms with E-state index >= 15 is 0 Å². The van der Waals surface area contributed by atoms with Crippen LogP contribution in [0.2, 0.25) is 0 Å². The van der Waals surface area contributed by atoms with Crippen molar-refractivity contribution in [1.82, 2.24) is 20.7 Å². The summed E-state index contributed by atoms with van der Waals surface area (Å²) in [5.74, 6) is -0.263. The number of hydrogen-bond donors (Lipinski definition) is 2. The van der Waals surface area contributed by atoms with Crippen molar-refractivity contribution in [1.29, 1.82) is 0 Å². The number of rotatable bonds is 5. The number of alkyl halides is 3. The average Bonchev–Trinajstić information content (AvgIpc) is 2.87. The predicted octanol–water partition coefficient (Wildman–Crippen LogP) is 2.40. The molecular formula is C12H13F3N4O. The van der Waals surface area contributed by atoms with Crippen molar-refractivity contribution in [2.75, 3.05) is 6.54 Å². The number of halogens is 3. The van der Waals surface area contributed by atoms with E-state index < -0.39 is 6.36 Å². The molecule has 108 valence electrons. The van der Waals surface area contributed by atoms with E-state index in [1.54, 1.807) is 6.07 Å². The lowest BCUT2D eigenvalue weighted by Gasteiger charge is -2.17. The van der Waals surface area contributed by atoms with Gasteiger partial charge in [-0.25, -0.2) is 0 Å². The van der Waals surface area contributed by atoms with Crippen molar-refractivity contribution in [3.05, 3.63) is 41.7 Å². The average molecular weight is 286 g/mol. The number of nitrogens with one attached hydrogen (secondary N) is 2. The van der Waals surface area contributed by atoms with E-state index in [0.29, 0.717) is 17.8 Å². The number of aromatic amines is 1. The molecule has 2 N–H and O–H groups in total. The Hall–Kier alpha value is -2.09. The molecule has 20 heavy (non-hydrogen) atoms. The molecule has 1 aromatic carbocycles. The topological polar surface area (TPSA) is 62.8 Å². The van der Waals surface area contributed by atoms with Crippen LogP contribution in [0.5, 0.6) is 5.75 Å². The molecule has 0 radical (unpaired) electrons. The molecule has 0 aliphatic carbocycles. The monoisotopic (exact) mass is 286 g/mol. The number of hydrogen-bond acceptors (Lipinski definition) is 4. The van der Waals surface area contributed by atoms with Gasteiger partial charge in [0, 0.05) is 0 Å². The van der Waals surface area contributed by atoms with E-state index in [9.17, 15) is 13.2 Å². The van der Waals surface area contributed by atoms with Gasteiger partial charge in [-0.1, -0.05) is 19.1 Å². The van der Waals surface area contributed by atoms with Gasteiger partial charge < -0.3 is 10.1 Å². The summed E-state index contributed by atoms with van der Waals surface area (Å²) in [4.78, 5) is 0. The van der Waals surface area contributed by atoms with Gasteiger partial charge in [0.25, 0.3) is 0 Å². The smallest absolute Gasteiger partial charge is 0.406 e. The summed E-state index contributed by atoms with van der Waals surface area (Å²) in [6.07, 6.45) is -3.19. The zero-order chi connectivity index (χ0) is 14.6. The van der Waals surface area contributed by atoms with Gasteiger partial charge in [-0.05, 0) is 24.2 Å². The first-order valence-electron chi connectivity index (χ1n) is 5.94. The third-order valence-corrected chi connectivity index (χ3v) is 2.56. The quantitative estimate of drug-likeness (QED) is 0.886. The first-order chi connectivity index (χ1) is 9.49. The summed E-state index contributed by atoms with van der Waals surface area (Å²) < 4.78 is 40.6. The van der Waals surface area contributed by atoms with Crippen LogP contribution in [0.15, 0.2) is 30.5 Å². The van der Waals surface area contributed by atoms with E-state index in [0.717, 1.165) is 0 Å². The van der Waals surface area contributed by atoms with Crippen LogP contribution in [0.4, 0.5) is 13.2 Å². The molecule has 0 aliphatic heterocycles. The molecule has 2 rings (SSSR count). The minimum Gasteiger partial charge on any atom is -0.406 e. The minimum atomic E-state index is -4.71. The summed E-state index contributed by atoms with van der Waals surface area (Å²) in [7, 11) is 0. The van der Waals surface area contributed by atoms with E-state index in [-0.39, 0.29) is 11.8 Å². The predicted molar refractivity (Wildman–Crippen MR) is 65.0 cm³/mol. The summed E-state index contributed by atoms with van der Waals surface area (Å²) in [5.41, 5.74) is 1.21. The number of nitrogens with zero attached hydrogens (tertiary/aromatic N) is 2. The number of aromatic nitrogens is 3. The van der Waals surface area contributed by atoms with Crippen molar-refractivity contribution in [2.24, 2.45) is 0 Å². The number of H-pyrrole nitrogens is 1. The zero-order valence-corrected chi connectivity index (χ0v) is 10.6. The largest absolute Gasteiger partial charge is 0.573 e. The van der Waals surface area contributed by atoms with Gasteiger partial charge in [0.15, 0.2) is 0 Å². The van der Waals surface area contributed by atoms with Crippen molar-refractivity contribution >= 4 is 0 Å². The van der Waals surface area contributed by atoms with Gasteiger partial charge in [-0.3, -0.25) is 0 Å². The second kappa shape index (κ2) is 5.91. The fourth-order valence-electron chi connectivity index (χ4n) is 1.84. The second-order valence-electron chi connectivity index (χ2n) is 4.01. The lowest BCUT2D eigenvalue weighted by atomic mass is 10.0. The summed E-state index contributed by atoms with van der Waals surface area (Å²) >= 11 is 0. The molecule has 0 spiro atoms. The fourth-order valence-corrected chi connectivity index (χ4v) is 1.84. The Balaban J connectivity index is 2.27. The third kappa shape index (κ3) is 3.70. The number of ether oxygens (including phenoxy) is 1. The van der Waals surface area contributed by atoms with Gasteiger partial charge in [-0.2, -0.15) is 15.4 Å². The van der Waals surface area contributed by atoms with Crippen LogP contribution in [0, 0.1) is 0 Å². The van der Waals surface area contributed by atoms with Crippen molar-refractivity contribution in [2.45, 2.75) is 19.3 Å². The maximum absolute atomic E-state index is 12.2. The summed E-state index contributed by atoms with van der Waals surface area (Å²) in [5, 5.41) is 13.3. The van der Waals surface area contributed by atoms with Crippen molar-refractivity contribution in [3.8, 4) is 5.75 Å². The standard InChI is InChI=1S/C12H13F3N4O/c1-2-16-11(10-7-17-19-18-10)8-4-3-5-9(6-8)20-12(13,14)15/h3-7,11,16H,2H2,1H3,(H,17,18,19). The Bertz CT molecular complexity index is 542.